The molecule has 0 bridgehead atoms. The highest BCUT2D eigenvalue weighted by atomic mass is 16.5. The molecule has 2 rings (SSSR count). The second kappa shape index (κ2) is 6.31. The molecule has 0 amide bonds. The number of para-hydroxylation sites is 2. The molecular formula is C15H13NO2. The lowest BCUT2D eigenvalue weighted by Gasteiger charge is -2.13. The third-order valence-electron chi connectivity index (χ3n) is 2.31. The number of benzene rings is 2. The summed E-state index contributed by atoms with van der Waals surface area (Å²) in [6.45, 7) is 0.204. The molecule has 90 valence electrons. The zero-order valence-corrected chi connectivity index (χ0v) is 9.82. The van der Waals surface area contributed by atoms with E-state index >= 15 is 0 Å². The van der Waals surface area contributed by atoms with Crippen molar-refractivity contribution in [2.75, 3.05) is 6.61 Å². The highest BCUT2D eigenvalue weighted by Crippen LogP contribution is 2.13. The minimum absolute atomic E-state index is 0.204. The van der Waals surface area contributed by atoms with Crippen molar-refractivity contribution in [3.8, 4) is 17.6 Å². The normalized spacial score (nSPS) is 11.3. The van der Waals surface area contributed by atoms with Gasteiger partial charge < -0.3 is 9.47 Å². The highest BCUT2D eigenvalue weighted by Gasteiger charge is 2.09. The number of hydrogen-bond acceptors (Lipinski definition) is 3. The van der Waals surface area contributed by atoms with E-state index in [0.29, 0.717) is 5.75 Å². The Bertz CT molecular complexity index is 505. The second-order valence-electron chi connectivity index (χ2n) is 3.67. The molecule has 18 heavy (non-hydrogen) atoms. The van der Waals surface area contributed by atoms with Crippen LogP contribution in [0.3, 0.4) is 0 Å². The lowest BCUT2D eigenvalue weighted by Crippen LogP contribution is -2.22. The van der Waals surface area contributed by atoms with Gasteiger partial charge in [0, 0.05) is 0 Å². The van der Waals surface area contributed by atoms with Gasteiger partial charge in [-0.2, -0.15) is 5.26 Å². The number of nitriles is 1. The van der Waals surface area contributed by atoms with Gasteiger partial charge in [-0.3, -0.25) is 0 Å². The van der Waals surface area contributed by atoms with Gasteiger partial charge in [-0.05, 0) is 24.3 Å². The lowest BCUT2D eigenvalue weighted by molar-refractivity contribution is 0.169. The zero-order chi connectivity index (χ0) is 12.6. The van der Waals surface area contributed by atoms with Gasteiger partial charge in [0.05, 0.1) is 0 Å². The maximum absolute atomic E-state index is 9.01. The van der Waals surface area contributed by atoms with Gasteiger partial charge >= 0.3 is 0 Å². The summed E-state index contributed by atoms with van der Waals surface area (Å²) in [7, 11) is 0. The van der Waals surface area contributed by atoms with Gasteiger partial charge in [0.15, 0.2) is 0 Å². The van der Waals surface area contributed by atoms with Crippen molar-refractivity contribution in [2.45, 2.75) is 6.10 Å². The molecule has 2 aromatic rings. The molecular weight excluding hydrogens is 226 g/mol. The predicted octanol–water partition coefficient (Wildman–Crippen LogP) is 3.04. The Kier molecular flexibility index (Phi) is 4.21. The van der Waals surface area contributed by atoms with Crippen LogP contribution in [0.5, 0.6) is 11.5 Å². The summed E-state index contributed by atoms with van der Waals surface area (Å²) in [6.07, 6.45) is -0.618. The number of rotatable bonds is 5. The van der Waals surface area contributed by atoms with Crippen LogP contribution in [0.25, 0.3) is 0 Å². The van der Waals surface area contributed by atoms with E-state index in [9.17, 15) is 0 Å². The Morgan fingerprint density at radius 1 is 0.889 bits per heavy atom. The first kappa shape index (κ1) is 12.0. The molecule has 3 heteroatoms. The molecule has 0 saturated carbocycles. The van der Waals surface area contributed by atoms with E-state index in [-0.39, 0.29) is 6.61 Å². The topological polar surface area (TPSA) is 42.2 Å². The second-order valence-corrected chi connectivity index (χ2v) is 3.67. The average Bonchev–Trinajstić information content (AvgIpc) is 2.45. The summed E-state index contributed by atoms with van der Waals surface area (Å²) in [5.74, 6) is 1.40. The van der Waals surface area contributed by atoms with Crippen LogP contribution in [0.4, 0.5) is 0 Å². The van der Waals surface area contributed by atoms with E-state index in [1.54, 1.807) is 0 Å². The van der Waals surface area contributed by atoms with Crippen molar-refractivity contribution in [2.24, 2.45) is 0 Å². The van der Waals surface area contributed by atoms with Crippen LogP contribution in [0.15, 0.2) is 60.7 Å². The van der Waals surface area contributed by atoms with Crippen LogP contribution in [-0.4, -0.2) is 12.7 Å². The largest absolute Gasteiger partial charge is 0.489 e. The fourth-order valence-corrected chi connectivity index (χ4v) is 1.45. The third-order valence-corrected chi connectivity index (χ3v) is 2.31. The van der Waals surface area contributed by atoms with Gasteiger partial charge in [-0.25, -0.2) is 0 Å². The molecule has 0 aromatic heterocycles. The van der Waals surface area contributed by atoms with E-state index < -0.39 is 6.10 Å². The van der Waals surface area contributed by atoms with Crippen molar-refractivity contribution in [1.29, 1.82) is 5.26 Å². The number of hydrogen-bond donors (Lipinski definition) is 0. The van der Waals surface area contributed by atoms with Gasteiger partial charge in [0.25, 0.3) is 0 Å². The standard InChI is InChI=1S/C15H13NO2/c16-11-15(18-14-9-5-2-6-10-14)12-17-13-7-3-1-4-8-13/h1-10,15H,12H2. The summed E-state index contributed by atoms with van der Waals surface area (Å²) < 4.78 is 11.0. The molecule has 1 unspecified atom stereocenters. The SMILES string of the molecule is N#CC(COc1ccccc1)Oc1ccccc1. The van der Waals surface area contributed by atoms with Crippen LogP contribution in [0.2, 0.25) is 0 Å². The van der Waals surface area contributed by atoms with Crippen molar-refractivity contribution in [1.82, 2.24) is 0 Å². The van der Waals surface area contributed by atoms with Gasteiger partial charge in [-0.1, -0.05) is 36.4 Å². The molecule has 0 heterocycles. The number of ether oxygens (including phenoxy) is 2. The van der Waals surface area contributed by atoms with Crippen LogP contribution in [-0.2, 0) is 0 Å². The van der Waals surface area contributed by atoms with Crippen molar-refractivity contribution < 1.29 is 9.47 Å². The maximum Gasteiger partial charge on any atom is 0.218 e. The summed E-state index contributed by atoms with van der Waals surface area (Å²) in [6, 6.07) is 20.7. The minimum Gasteiger partial charge on any atom is -0.489 e. The van der Waals surface area contributed by atoms with Gasteiger partial charge in [0.1, 0.15) is 24.2 Å². The zero-order valence-electron chi connectivity index (χ0n) is 9.82. The molecule has 0 aliphatic heterocycles. The van der Waals surface area contributed by atoms with E-state index in [2.05, 4.69) is 6.07 Å². The Labute approximate surface area is 106 Å². The number of nitrogens with zero attached hydrogens (tertiary/aromatic N) is 1. The van der Waals surface area contributed by atoms with Crippen molar-refractivity contribution >= 4 is 0 Å². The molecule has 0 spiro atoms. The van der Waals surface area contributed by atoms with Crippen LogP contribution >= 0.6 is 0 Å². The summed E-state index contributed by atoms with van der Waals surface area (Å²) in [5.41, 5.74) is 0. The summed E-state index contributed by atoms with van der Waals surface area (Å²) in [4.78, 5) is 0. The Hall–Kier alpha value is -2.47. The van der Waals surface area contributed by atoms with Gasteiger partial charge in [0.2, 0.25) is 6.10 Å². The molecule has 0 fully saturated rings. The van der Waals surface area contributed by atoms with Crippen LogP contribution < -0.4 is 9.47 Å². The third kappa shape index (κ3) is 3.53. The van der Waals surface area contributed by atoms with E-state index in [1.165, 1.54) is 0 Å². The average molecular weight is 239 g/mol. The fraction of sp³-hybridized carbons (Fsp3) is 0.133. The molecule has 0 aliphatic carbocycles. The first-order valence-electron chi connectivity index (χ1n) is 5.67. The summed E-state index contributed by atoms with van der Waals surface area (Å²) in [5, 5.41) is 9.01. The van der Waals surface area contributed by atoms with Crippen LogP contribution in [0.1, 0.15) is 0 Å². The smallest absolute Gasteiger partial charge is 0.218 e. The van der Waals surface area contributed by atoms with E-state index in [1.807, 2.05) is 60.7 Å². The maximum atomic E-state index is 9.01. The summed E-state index contributed by atoms with van der Waals surface area (Å²) >= 11 is 0. The fourth-order valence-electron chi connectivity index (χ4n) is 1.45. The van der Waals surface area contributed by atoms with Crippen molar-refractivity contribution in [3.63, 3.8) is 0 Å². The highest BCUT2D eigenvalue weighted by molar-refractivity contribution is 5.23. The van der Waals surface area contributed by atoms with Gasteiger partial charge in [-0.15, -0.1) is 0 Å². The molecule has 0 radical (unpaired) electrons. The predicted molar refractivity (Wildman–Crippen MR) is 68.4 cm³/mol. The van der Waals surface area contributed by atoms with E-state index in [4.69, 9.17) is 14.7 Å². The van der Waals surface area contributed by atoms with E-state index in [0.717, 1.165) is 5.75 Å². The Morgan fingerprint density at radius 3 is 2.00 bits per heavy atom. The Morgan fingerprint density at radius 2 is 1.44 bits per heavy atom. The monoisotopic (exact) mass is 239 g/mol. The minimum atomic E-state index is -0.618. The van der Waals surface area contributed by atoms with Crippen LogP contribution in [0, 0.1) is 11.3 Å². The first-order valence-corrected chi connectivity index (χ1v) is 5.67. The quantitative estimate of drug-likeness (QED) is 0.805. The molecule has 0 N–H and O–H groups in total. The lowest BCUT2D eigenvalue weighted by atomic mass is 10.3. The first-order chi connectivity index (χ1) is 8.88. The Balaban J connectivity index is 1.89. The molecule has 1 atom stereocenters. The molecule has 3 nitrogen and oxygen atoms in total. The molecule has 2 aromatic carbocycles. The van der Waals surface area contributed by atoms with Crippen molar-refractivity contribution in [3.05, 3.63) is 60.7 Å². The molecule has 0 saturated heterocycles. The molecule has 0 aliphatic rings.